The fourth-order valence-corrected chi connectivity index (χ4v) is 2.07. The zero-order chi connectivity index (χ0) is 15.8. The topological polar surface area (TPSA) is 59.9 Å². The number of benzene rings is 1. The summed E-state index contributed by atoms with van der Waals surface area (Å²) in [5, 5.41) is -1.00. The third kappa shape index (κ3) is 3.35. The smallest absolute Gasteiger partial charge is 0.221 e. The van der Waals surface area contributed by atoms with Gasteiger partial charge in [-0.2, -0.15) is 13.2 Å². The van der Waals surface area contributed by atoms with E-state index in [2.05, 4.69) is 9.97 Å². The summed E-state index contributed by atoms with van der Waals surface area (Å²) in [4.78, 5) is 6.49. The molecule has 0 aliphatic carbocycles. The van der Waals surface area contributed by atoms with Crippen LogP contribution in [-0.4, -0.2) is 24.6 Å². The molecule has 112 valence electrons. The molecule has 4 nitrogen and oxygen atoms in total. The SMILES string of the molecule is CS(=O)(=O)c1nc(-c2ccccc2F)cc(C(F)(F)F)n1. The van der Waals surface area contributed by atoms with Crippen molar-refractivity contribution < 1.29 is 26.0 Å². The van der Waals surface area contributed by atoms with Crippen LogP contribution in [-0.2, 0) is 16.0 Å². The number of nitrogens with zero attached hydrogens (tertiary/aromatic N) is 2. The van der Waals surface area contributed by atoms with Gasteiger partial charge in [-0.25, -0.2) is 22.8 Å². The summed E-state index contributed by atoms with van der Waals surface area (Å²) in [6, 6.07) is 5.48. The van der Waals surface area contributed by atoms with Crippen LogP contribution in [0.3, 0.4) is 0 Å². The fourth-order valence-electron chi connectivity index (χ4n) is 1.54. The molecule has 2 rings (SSSR count). The summed E-state index contributed by atoms with van der Waals surface area (Å²) >= 11 is 0. The first kappa shape index (κ1) is 15.4. The highest BCUT2D eigenvalue weighted by molar-refractivity contribution is 7.90. The van der Waals surface area contributed by atoms with Gasteiger partial charge in [0, 0.05) is 11.8 Å². The average Bonchev–Trinajstić information content (AvgIpc) is 2.36. The van der Waals surface area contributed by atoms with Crippen molar-refractivity contribution in [1.82, 2.24) is 9.97 Å². The molecule has 0 spiro atoms. The number of sulfone groups is 1. The standard InChI is InChI=1S/C12H8F4N2O2S/c1-21(19,20)11-17-9(6-10(18-11)12(14,15)16)7-4-2-3-5-8(7)13/h2-6H,1H3. The van der Waals surface area contributed by atoms with Crippen LogP contribution in [0.15, 0.2) is 35.5 Å². The molecule has 0 aliphatic rings. The van der Waals surface area contributed by atoms with Gasteiger partial charge in [0.15, 0.2) is 0 Å². The van der Waals surface area contributed by atoms with Crippen molar-refractivity contribution in [2.75, 3.05) is 6.26 Å². The van der Waals surface area contributed by atoms with Gasteiger partial charge in [-0.15, -0.1) is 0 Å². The zero-order valence-electron chi connectivity index (χ0n) is 10.5. The van der Waals surface area contributed by atoms with Gasteiger partial charge in [0.05, 0.1) is 5.69 Å². The van der Waals surface area contributed by atoms with Gasteiger partial charge in [-0.3, -0.25) is 0 Å². The lowest BCUT2D eigenvalue weighted by Crippen LogP contribution is -2.14. The van der Waals surface area contributed by atoms with Gasteiger partial charge in [-0.05, 0) is 18.2 Å². The third-order valence-corrected chi connectivity index (χ3v) is 3.32. The molecule has 21 heavy (non-hydrogen) atoms. The molecular formula is C12H8F4N2O2S. The molecule has 1 aromatic carbocycles. The van der Waals surface area contributed by atoms with Crippen LogP contribution in [0, 0.1) is 5.82 Å². The minimum absolute atomic E-state index is 0.240. The van der Waals surface area contributed by atoms with E-state index >= 15 is 0 Å². The quantitative estimate of drug-likeness (QED) is 0.630. The second kappa shape index (κ2) is 5.06. The van der Waals surface area contributed by atoms with Crippen molar-refractivity contribution in [2.24, 2.45) is 0 Å². The Hall–Kier alpha value is -2.03. The van der Waals surface area contributed by atoms with Crippen LogP contribution in [0.25, 0.3) is 11.3 Å². The molecule has 0 saturated heterocycles. The number of aromatic nitrogens is 2. The van der Waals surface area contributed by atoms with E-state index in [4.69, 9.17) is 0 Å². The van der Waals surface area contributed by atoms with Crippen LogP contribution in [0.5, 0.6) is 0 Å². The second-order valence-corrected chi connectivity index (χ2v) is 6.08. The molecule has 0 saturated carbocycles. The maximum Gasteiger partial charge on any atom is 0.433 e. The molecule has 0 N–H and O–H groups in total. The first-order valence-electron chi connectivity index (χ1n) is 5.50. The molecular weight excluding hydrogens is 312 g/mol. The predicted molar refractivity (Wildman–Crippen MR) is 65.5 cm³/mol. The Balaban J connectivity index is 2.76. The van der Waals surface area contributed by atoms with E-state index in [1.54, 1.807) is 0 Å². The highest BCUT2D eigenvalue weighted by Gasteiger charge is 2.35. The van der Waals surface area contributed by atoms with Crippen molar-refractivity contribution in [3.63, 3.8) is 0 Å². The van der Waals surface area contributed by atoms with Gasteiger partial charge in [0.1, 0.15) is 11.5 Å². The van der Waals surface area contributed by atoms with E-state index < -0.39 is 38.4 Å². The Morgan fingerprint density at radius 1 is 1.10 bits per heavy atom. The van der Waals surface area contributed by atoms with Crippen molar-refractivity contribution in [2.45, 2.75) is 11.3 Å². The zero-order valence-corrected chi connectivity index (χ0v) is 11.3. The first-order chi connectivity index (χ1) is 9.59. The van der Waals surface area contributed by atoms with E-state index in [1.807, 2.05) is 0 Å². The Kier molecular flexibility index (Phi) is 3.70. The fraction of sp³-hybridized carbons (Fsp3) is 0.167. The van der Waals surface area contributed by atoms with Crippen LogP contribution in [0.4, 0.5) is 17.6 Å². The normalized spacial score (nSPS) is 12.4. The summed E-state index contributed by atoms with van der Waals surface area (Å²) in [5.41, 5.74) is -2.14. The molecule has 1 heterocycles. The highest BCUT2D eigenvalue weighted by Crippen LogP contribution is 2.31. The second-order valence-electron chi connectivity index (χ2n) is 4.17. The minimum Gasteiger partial charge on any atom is -0.221 e. The predicted octanol–water partition coefficient (Wildman–Crippen LogP) is 2.71. The Bertz CT molecular complexity index is 788. The lowest BCUT2D eigenvalue weighted by molar-refractivity contribution is -0.141. The Labute approximate surface area is 117 Å². The Morgan fingerprint density at radius 2 is 1.71 bits per heavy atom. The van der Waals surface area contributed by atoms with Crippen molar-refractivity contribution in [3.05, 3.63) is 41.8 Å². The van der Waals surface area contributed by atoms with Crippen molar-refractivity contribution in [3.8, 4) is 11.3 Å². The summed E-state index contributed by atoms with van der Waals surface area (Å²) in [6.45, 7) is 0. The van der Waals surface area contributed by atoms with E-state index in [9.17, 15) is 26.0 Å². The molecule has 0 unspecified atom stereocenters. The van der Waals surface area contributed by atoms with E-state index in [0.717, 1.165) is 6.07 Å². The average molecular weight is 320 g/mol. The van der Waals surface area contributed by atoms with Gasteiger partial charge >= 0.3 is 6.18 Å². The molecule has 0 aliphatic heterocycles. The molecule has 0 amide bonds. The highest BCUT2D eigenvalue weighted by atomic mass is 32.2. The largest absolute Gasteiger partial charge is 0.433 e. The van der Waals surface area contributed by atoms with Crippen molar-refractivity contribution >= 4 is 9.84 Å². The van der Waals surface area contributed by atoms with E-state index in [0.29, 0.717) is 12.3 Å². The van der Waals surface area contributed by atoms with Gasteiger partial charge < -0.3 is 0 Å². The van der Waals surface area contributed by atoms with E-state index in [-0.39, 0.29) is 5.56 Å². The molecule has 0 radical (unpaired) electrons. The van der Waals surface area contributed by atoms with Gasteiger partial charge in [0.2, 0.25) is 15.0 Å². The van der Waals surface area contributed by atoms with Crippen LogP contribution in [0.2, 0.25) is 0 Å². The van der Waals surface area contributed by atoms with Gasteiger partial charge in [-0.1, -0.05) is 12.1 Å². The Morgan fingerprint density at radius 3 is 2.24 bits per heavy atom. The molecule has 0 atom stereocenters. The minimum atomic E-state index is -4.87. The molecule has 1 aromatic heterocycles. The van der Waals surface area contributed by atoms with E-state index in [1.165, 1.54) is 18.2 Å². The number of hydrogen-bond donors (Lipinski definition) is 0. The lowest BCUT2D eigenvalue weighted by atomic mass is 10.1. The van der Waals surface area contributed by atoms with Gasteiger partial charge in [0.25, 0.3) is 0 Å². The van der Waals surface area contributed by atoms with Crippen molar-refractivity contribution in [1.29, 1.82) is 0 Å². The van der Waals surface area contributed by atoms with Crippen LogP contribution >= 0.6 is 0 Å². The molecule has 2 aromatic rings. The summed E-state index contributed by atoms with van der Waals surface area (Å²) in [6.07, 6.45) is -4.20. The third-order valence-electron chi connectivity index (χ3n) is 2.48. The number of rotatable bonds is 2. The molecule has 0 bridgehead atoms. The molecule has 9 heteroatoms. The summed E-state index contributed by atoms with van der Waals surface area (Å²) in [5.74, 6) is -0.816. The maximum absolute atomic E-state index is 13.6. The number of hydrogen-bond acceptors (Lipinski definition) is 4. The number of halogens is 4. The summed E-state index contributed by atoms with van der Waals surface area (Å²) < 4.78 is 74.8. The maximum atomic E-state index is 13.6. The first-order valence-corrected chi connectivity index (χ1v) is 7.39. The van der Waals surface area contributed by atoms with Crippen LogP contribution < -0.4 is 0 Å². The summed E-state index contributed by atoms with van der Waals surface area (Å²) in [7, 11) is -4.07. The number of alkyl halides is 3. The van der Waals surface area contributed by atoms with Crippen LogP contribution in [0.1, 0.15) is 5.69 Å². The lowest BCUT2D eigenvalue weighted by Gasteiger charge is -2.10. The molecule has 0 fully saturated rings. The monoisotopic (exact) mass is 320 g/mol.